The SMILES string of the molecule is COc1ccc(NCC(=O)c2ccc(S(=O)(=O)N3CCCC3)cc2)cc1. The number of carbonyl (C=O) groups excluding carboxylic acids is 1. The minimum Gasteiger partial charge on any atom is -0.497 e. The van der Waals surface area contributed by atoms with Gasteiger partial charge in [-0.25, -0.2) is 8.42 Å². The maximum atomic E-state index is 12.5. The molecule has 0 atom stereocenters. The molecule has 3 rings (SSSR count). The number of hydrogen-bond donors (Lipinski definition) is 1. The van der Waals surface area contributed by atoms with Crippen molar-refractivity contribution in [2.75, 3.05) is 32.1 Å². The lowest BCUT2D eigenvalue weighted by atomic mass is 10.1. The van der Waals surface area contributed by atoms with Crippen molar-refractivity contribution in [3.8, 4) is 5.75 Å². The molecule has 2 aromatic rings. The van der Waals surface area contributed by atoms with Crippen LogP contribution in [0.25, 0.3) is 0 Å². The van der Waals surface area contributed by atoms with Crippen LogP contribution in [0.15, 0.2) is 53.4 Å². The van der Waals surface area contributed by atoms with Gasteiger partial charge in [0, 0.05) is 24.3 Å². The molecule has 0 unspecified atom stereocenters. The first-order valence-corrected chi connectivity index (χ1v) is 9.96. The molecule has 0 saturated carbocycles. The van der Waals surface area contributed by atoms with Crippen molar-refractivity contribution in [2.45, 2.75) is 17.7 Å². The summed E-state index contributed by atoms with van der Waals surface area (Å²) in [6.45, 7) is 1.26. The zero-order valence-electron chi connectivity index (χ0n) is 14.6. The molecule has 0 radical (unpaired) electrons. The highest BCUT2D eigenvalue weighted by Gasteiger charge is 2.27. The predicted octanol–water partition coefficient (Wildman–Crippen LogP) is 2.77. The summed E-state index contributed by atoms with van der Waals surface area (Å²) < 4.78 is 31.6. The van der Waals surface area contributed by atoms with Crippen LogP contribution in [-0.2, 0) is 10.0 Å². The van der Waals surface area contributed by atoms with Crippen LogP contribution in [0.4, 0.5) is 5.69 Å². The Hall–Kier alpha value is -2.38. The maximum Gasteiger partial charge on any atom is 0.243 e. The van der Waals surface area contributed by atoms with Gasteiger partial charge in [0.2, 0.25) is 10.0 Å². The fourth-order valence-corrected chi connectivity index (χ4v) is 4.40. The lowest BCUT2D eigenvalue weighted by Gasteiger charge is -2.15. The number of carbonyl (C=O) groups is 1. The van der Waals surface area contributed by atoms with Gasteiger partial charge in [-0.05, 0) is 61.4 Å². The standard InChI is InChI=1S/C19H22N2O4S/c1-25-17-8-6-16(7-9-17)20-14-19(22)15-4-10-18(11-5-15)26(23,24)21-12-2-3-13-21/h4-11,20H,2-3,12-14H2,1H3. The molecule has 26 heavy (non-hydrogen) atoms. The minimum absolute atomic E-state index is 0.106. The molecule has 0 bridgehead atoms. The first kappa shape index (κ1) is 18.4. The molecule has 1 fully saturated rings. The molecular weight excluding hydrogens is 352 g/mol. The summed E-state index contributed by atoms with van der Waals surface area (Å²) in [7, 11) is -1.85. The Bertz CT molecular complexity index is 855. The third kappa shape index (κ3) is 4.05. The van der Waals surface area contributed by atoms with Crippen molar-refractivity contribution in [1.29, 1.82) is 0 Å². The minimum atomic E-state index is -3.45. The van der Waals surface area contributed by atoms with Gasteiger partial charge in [0.05, 0.1) is 18.6 Å². The summed E-state index contributed by atoms with van der Waals surface area (Å²) in [6.07, 6.45) is 1.79. The van der Waals surface area contributed by atoms with Crippen LogP contribution in [0.3, 0.4) is 0 Å². The molecular formula is C19H22N2O4S. The Morgan fingerprint density at radius 3 is 2.23 bits per heavy atom. The highest BCUT2D eigenvalue weighted by atomic mass is 32.2. The Balaban J connectivity index is 1.63. The molecule has 2 aromatic carbocycles. The number of benzene rings is 2. The van der Waals surface area contributed by atoms with Gasteiger partial charge in [0.15, 0.2) is 5.78 Å². The van der Waals surface area contributed by atoms with E-state index in [1.807, 2.05) is 24.3 Å². The lowest BCUT2D eigenvalue weighted by Crippen LogP contribution is -2.27. The van der Waals surface area contributed by atoms with Gasteiger partial charge < -0.3 is 10.1 Å². The molecule has 1 saturated heterocycles. The van der Waals surface area contributed by atoms with Crippen LogP contribution in [0.5, 0.6) is 5.75 Å². The Labute approximate surface area is 153 Å². The Morgan fingerprint density at radius 2 is 1.65 bits per heavy atom. The first-order chi connectivity index (χ1) is 12.5. The zero-order chi connectivity index (χ0) is 18.6. The monoisotopic (exact) mass is 374 g/mol. The van der Waals surface area contributed by atoms with E-state index >= 15 is 0 Å². The van der Waals surface area contributed by atoms with Crippen LogP contribution in [0.1, 0.15) is 23.2 Å². The van der Waals surface area contributed by atoms with Gasteiger partial charge in [-0.2, -0.15) is 4.31 Å². The van der Waals surface area contributed by atoms with E-state index in [-0.39, 0.29) is 17.2 Å². The number of ketones is 1. The van der Waals surface area contributed by atoms with Crippen LogP contribution >= 0.6 is 0 Å². The van der Waals surface area contributed by atoms with Crippen LogP contribution in [-0.4, -0.2) is 45.3 Å². The third-order valence-electron chi connectivity index (χ3n) is 4.42. The largest absolute Gasteiger partial charge is 0.497 e. The molecule has 1 aliphatic rings. The second-order valence-electron chi connectivity index (χ2n) is 6.14. The number of nitrogens with zero attached hydrogens (tertiary/aromatic N) is 1. The number of methoxy groups -OCH3 is 1. The fourth-order valence-electron chi connectivity index (χ4n) is 2.88. The molecule has 1 aliphatic heterocycles. The van der Waals surface area contributed by atoms with Crippen molar-refractivity contribution < 1.29 is 17.9 Å². The van der Waals surface area contributed by atoms with Crippen LogP contribution in [0, 0.1) is 0 Å². The molecule has 0 spiro atoms. The van der Waals surface area contributed by atoms with Crippen molar-refractivity contribution in [2.24, 2.45) is 0 Å². The van der Waals surface area contributed by atoms with Crippen molar-refractivity contribution in [1.82, 2.24) is 4.31 Å². The van der Waals surface area contributed by atoms with E-state index in [2.05, 4.69) is 5.32 Å². The summed E-state index contributed by atoms with van der Waals surface area (Å²) in [5.74, 6) is 0.641. The van der Waals surface area contributed by atoms with Gasteiger partial charge in [0.25, 0.3) is 0 Å². The van der Waals surface area contributed by atoms with Gasteiger partial charge in [-0.3, -0.25) is 4.79 Å². The summed E-state index contributed by atoms with van der Waals surface area (Å²) >= 11 is 0. The number of ether oxygens (including phenoxy) is 1. The van der Waals surface area contributed by atoms with E-state index in [4.69, 9.17) is 4.74 Å². The van der Waals surface area contributed by atoms with Crippen molar-refractivity contribution in [3.63, 3.8) is 0 Å². The maximum absolute atomic E-state index is 12.5. The van der Waals surface area contributed by atoms with Gasteiger partial charge >= 0.3 is 0 Å². The molecule has 138 valence electrons. The number of hydrogen-bond acceptors (Lipinski definition) is 5. The quantitative estimate of drug-likeness (QED) is 0.754. The van der Waals surface area contributed by atoms with E-state index in [9.17, 15) is 13.2 Å². The van der Waals surface area contributed by atoms with Crippen molar-refractivity contribution >= 4 is 21.5 Å². The summed E-state index contributed by atoms with van der Waals surface area (Å²) in [5, 5.41) is 3.05. The molecule has 1 N–H and O–H groups in total. The van der Waals surface area contributed by atoms with E-state index < -0.39 is 10.0 Å². The van der Waals surface area contributed by atoms with Gasteiger partial charge in [0.1, 0.15) is 5.75 Å². The summed E-state index contributed by atoms with van der Waals surface area (Å²) in [4.78, 5) is 12.5. The smallest absolute Gasteiger partial charge is 0.243 e. The summed E-state index contributed by atoms with van der Waals surface area (Å²) in [6, 6.07) is 13.4. The summed E-state index contributed by atoms with van der Waals surface area (Å²) in [5.41, 5.74) is 1.29. The molecule has 7 heteroatoms. The number of sulfonamides is 1. The van der Waals surface area contributed by atoms with Gasteiger partial charge in [-0.15, -0.1) is 0 Å². The molecule has 0 aromatic heterocycles. The molecule has 0 aliphatic carbocycles. The van der Waals surface area contributed by atoms with E-state index in [0.717, 1.165) is 24.3 Å². The number of anilines is 1. The number of nitrogens with one attached hydrogen (secondary N) is 1. The Kier molecular flexibility index (Phi) is 5.58. The Morgan fingerprint density at radius 1 is 1.04 bits per heavy atom. The van der Waals surface area contributed by atoms with E-state index in [1.54, 1.807) is 19.2 Å². The average Bonchev–Trinajstić information content (AvgIpc) is 3.22. The lowest BCUT2D eigenvalue weighted by molar-refractivity contribution is 0.101. The second-order valence-corrected chi connectivity index (χ2v) is 8.08. The second kappa shape index (κ2) is 7.88. The average molecular weight is 374 g/mol. The van der Waals surface area contributed by atoms with E-state index in [1.165, 1.54) is 16.4 Å². The number of rotatable bonds is 7. The first-order valence-electron chi connectivity index (χ1n) is 8.52. The van der Waals surface area contributed by atoms with Gasteiger partial charge in [-0.1, -0.05) is 0 Å². The van der Waals surface area contributed by atoms with Crippen molar-refractivity contribution in [3.05, 3.63) is 54.1 Å². The van der Waals surface area contributed by atoms with Crippen LogP contribution < -0.4 is 10.1 Å². The van der Waals surface area contributed by atoms with Crippen LogP contribution in [0.2, 0.25) is 0 Å². The predicted molar refractivity (Wildman–Crippen MR) is 100 cm³/mol. The fraction of sp³-hybridized carbons (Fsp3) is 0.316. The molecule has 1 heterocycles. The highest BCUT2D eigenvalue weighted by Crippen LogP contribution is 2.21. The molecule has 6 nitrogen and oxygen atoms in total. The topological polar surface area (TPSA) is 75.7 Å². The zero-order valence-corrected chi connectivity index (χ0v) is 15.5. The normalized spacial score (nSPS) is 15.0. The van der Waals surface area contributed by atoms with E-state index in [0.29, 0.717) is 18.7 Å². The third-order valence-corrected chi connectivity index (χ3v) is 6.34. The highest BCUT2D eigenvalue weighted by molar-refractivity contribution is 7.89. The molecule has 0 amide bonds. The number of Topliss-reactive ketones (excluding diaryl/α,β-unsaturated/α-hetero) is 1.